The molecule has 0 saturated heterocycles. The van der Waals surface area contributed by atoms with Crippen molar-refractivity contribution in [3.63, 3.8) is 0 Å². The van der Waals surface area contributed by atoms with E-state index in [0.717, 1.165) is 11.3 Å². The summed E-state index contributed by atoms with van der Waals surface area (Å²) in [5.74, 6) is -0.289. The minimum absolute atomic E-state index is 0.00181. The Balaban J connectivity index is 2.49. The molecule has 3 N–H and O–H groups in total. The molecule has 0 amide bonds. The highest BCUT2D eigenvalue weighted by Crippen LogP contribution is 2.28. The van der Waals surface area contributed by atoms with Gasteiger partial charge in [0.2, 0.25) is 0 Å². The van der Waals surface area contributed by atoms with Crippen LogP contribution < -0.4 is 10.6 Å². The van der Waals surface area contributed by atoms with E-state index in [-0.39, 0.29) is 11.7 Å². The minimum Gasteiger partial charge on any atom is -0.384 e. The number of rotatable bonds is 3. The molecule has 0 bridgehead atoms. The zero-order valence-electron chi connectivity index (χ0n) is 10.9. The highest BCUT2D eigenvalue weighted by Gasteiger charge is 2.12. The lowest BCUT2D eigenvalue weighted by atomic mass is 10.1. The molecule has 0 unspecified atom stereocenters. The van der Waals surface area contributed by atoms with Crippen molar-refractivity contribution in [1.29, 1.82) is 5.41 Å². The van der Waals surface area contributed by atoms with Crippen molar-refractivity contribution in [2.75, 3.05) is 11.9 Å². The van der Waals surface area contributed by atoms with E-state index >= 15 is 0 Å². The summed E-state index contributed by atoms with van der Waals surface area (Å²) >= 11 is 0. The lowest BCUT2D eigenvalue weighted by Crippen LogP contribution is -2.18. The maximum Gasteiger partial charge on any atom is 0.125 e. The molecule has 4 heteroatoms. The fourth-order valence-corrected chi connectivity index (χ4v) is 1.98. The van der Waals surface area contributed by atoms with E-state index in [2.05, 4.69) is 0 Å². The van der Waals surface area contributed by atoms with Crippen LogP contribution >= 0.6 is 0 Å². The fraction of sp³-hybridized carbons (Fsp3) is 0.133. The summed E-state index contributed by atoms with van der Waals surface area (Å²) in [7, 11) is 1.83. The van der Waals surface area contributed by atoms with Crippen LogP contribution in [0.25, 0.3) is 0 Å². The molecule has 0 aromatic heterocycles. The third kappa shape index (κ3) is 2.73. The van der Waals surface area contributed by atoms with E-state index in [1.807, 2.05) is 43.1 Å². The number of hydrogen-bond acceptors (Lipinski definition) is 2. The van der Waals surface area contributed by atoms with Crippen LogP contribution in [0, 0.1) is 18.2 Å². The number of hydrogen-bond donors (Lipinski definition) is 2. The third-order valence-electron chi connectivity index (χ3n) is 3.00. The first kappa shape index (κ1) is 13.1. The number of nitrogen functional groups attached to an aromatic ring is 1. The average molecular weight is 257 g/mol. The van der Waals surface area contributed by atoms with Crippen molar-refractivity contribution in [3.8, 4) is 0 Å². The molecule has 0 radical (unpaired) electrons. The quantitative estimate of drug-likeness (QED) is 0.655. The van der Waals surface area contributed by atoms with E-state index in [4.69, 9.17) is 11.1 Å². The summed E-state index contributed by atoms with van der Waals surface area (Å²) < 4.78 is 13.3. The van der Waals surface area contributed by atoms with Crippen molar-refractivity contribution in [2.45, 2.75) is 6.92 Å². The maximum atomic E-state index is 13.3. The van der Waals surface area contributed by atoms with E-state index < -0.39 is 0 Å². The van der Waals surface area contributed by atoms with Crippen molar-refractivity contribution in [2.24, 2.45) is 5.73 Å². The van der Waals surface area contributed by atoms with Gasteiger partial charge in [-0.25, -0.2) is 4.39 Å². The number of nitrogens with zero attached hydrogens (tertiary/aromatic N) is 1. The number of anilines is 2. The minimum atomic E-state index is -0.291. The van der Waals surface area contributed by atoms with Crippen molar-refractivity contribution >= 4 is 17.2 Å². The molecule has 0 saturated carbocycles. The molecule has 0 aliphatic heterocycles. The Hall–Kier alpha value is -2.36. The topological polar surface area (TPSA) is 53.1 Å². The Bertz CT molecular complexity index is 623. The highest BCUT2D eigenvalue weighted by molar-refractivity contribution is 6.01. The van der Waals surface area contributed by atoms with Crippen LogP contribution in [0.1, 0.15) is 11.1 Å². The molecule has 0 heterocycles. The Labute approximate surface area is 112 Å². The molecule has 19 heavy (non-hydrogen) atoms. The van der Waals surface area contributed by atoms with E-state index in [0.29, 0.717) is 11.3 Å². The Kier molecular flexibility index (Phi) is 3.51. The van der Waals surface area contributed by atoms with Gasteiger partial charge in [0.15, 0.2) is 0 Å². The molecule has 98 valence electrons. The number of halogens is 1. The first-order chi connectivity index (χ1) is 8.99. The number of amidine groups is 1. The van der Waals surface area contributed by atoms with E-state index in [1.54, 1.807) is 6.07 Å². The zero-order chi connectivity index (χ0) is 14.0. The van der Waals surface area contributed by atoms with Crippen LogP contribution in [0.2, 0.25) is 0 Å². The summed E-state index contributed by atoms with van der Waals surface area (Å²) in [5.41, 5.74) is 8.78. The van der Waals surface area contributed by atoms with Crippen molar-refractivity contribution in [1.82, 2.24) is 0 Å². The van der Waals surface area contributed by atoms with Gasteiger partial charge in [0.05, 0.1) is 5.69 Å². The lowest BCUT2D eigenvalue weighted by Gasteiger charge is -2.22. The standard InChI is InChI=1S/C15H16FN3/c1-10-6-7-14(13(8-10)15(17)18)19(2)12-5-3-4-11(16)9-12/h3-9H,1-2H3,(H3,17,18). The Morgan fingerprint density at radius 2 is 1.95 bits per heavy atom. The molecule has 0 spiro atoms. The first-order valence-electron chi connectivity index (χ1n) is 5.93. The van der Waals surface area contributed by atoms with E-state index in [1.165, 1.54) is 12.1 Å². The first-order valence-corrected chi connectivity index (χ1v) is 5.93. The molecule has 2 aromatic rings. The summed E-state index contributed by atoms with van der Waals surface area (Å²) in [4.78, 5) is 1.82. The normalized spacial score (nSPS) is 10.3. The van der Waals surface area contributed by atoms with Crippen molar-refractivity contribution in [3.05, 3.63) is 59.4 Å². The van der Waals surface area contributed by atoms with Gasteiger partial charge in [-0.1, -0.05) is 17.7 Å². The van der Waals surface area contributed by atoms with Crippen LogP contribution in [0.4, 0.5) is 15.8 Å². The van der Waals surface area contributed by atoms with Gasteiger partial charge in [0, 0.05) is 18.3 Å². The van der Waals surface area contributed by atoms with Gasteiger partial charge in [-0.15, -0.1) is 0 Å². The fourth-order valence-electron chi connectivity index (χ4n) is 1.98. The van der Waals surface area contributed by atoms with Gasteiger partial charge in [0.25, 0.3) is 0 Å². The van der Waals surface area contributed by atoms with Crippen molar-refractivity contribution < 1.29 is 4.39 Å². The van der Waals surface area contributed by atoms with Crippen LogP contribution in [-0.4, -0.2) is 12.9 Å². The van der Waals surface area contributed by atoms with Crippen LogP contribution in [0.5, 0.6) is 0 Å². The molecular formula is C15H16FN3. The summed E-state index contributed by atoms with van der Waals surface area (Å²) in [6.45, 7) is 1.94. The molecule has 0 aliphatic rings. The monoisotopic (exact) mass is 257 g/mol. The highest BCUT2D eigenvalue weighted by atomic mass is 19.1. The second kappa shape index (κ2) is 5.10. The summed E-state index contributed by atoms with van der Waals surface area (Å²) in [6.07, 6.45) is 0. The number of nitrogens with two attached hydrogens (primary N) is 1. The second-order valence-corrected chi connectivity index (χ2v) is 4.47. The van der Waals surface area contributed by atoms with Crippen LogP contribution in [0.15, 0.2) is 42.5 Å². The third-order valence-corrected chi connectivity index (χ3v) is 3.00. The largest absolute Gasteiger partial charge is 0.384 e. The average Bonchev–Trinajstić information content (AvgIpc) is 2.37. The van der Waals surface area contributed by atoms with Gasteiger partial charge in [-0.05, 0) is 37.3 Å². The molecule has 0 aliphatic carbocycles. The Morgan fingerprint density at radius 3 is 2.58 bits per heavy atom. The molecule has 0 fully saturated rings. The van der Waals surface area contributed by atoms with Crippen LogP contribution in [-0.2, 0) is 0 Å². The zero-order valence-corrected chi connectivity index (χ0v) is 10.9. The van der Waals surface area contributed by atoms with E-state index in [9.17, 15) is 4.39 Å². The number of nitrogens with one attached hydrogen (secondary N) is 1. The smallest absolute Gasteiger partial charge is 0.125 e. The SMILES string of the molecule is Cc1ccc(N(C)c2cccc(F)c2)c(C(=N)N)c1. The summed E-state index contributed by atoms with van der Waals surface area (Å²) in [6, 6.07) is 12.0. The number of benzene rings is 2. The Morgan fingerprint density at radius 1 is 1.21 bits per heavy atom. The van der Waals surface area contributed by atoms with Gasteiger partial charge >= 0.3 is 0 Å². The molecular weight excluding hydrogens is 241 g/mol. The van der Waals surface area contributed by atoms with Gasteiger partial charge in [-0.3, -0.25) is 5.41 Å². The molecule has 2 rings (SSSR count). The molecule has 2 aromatic carbocycles. The lowest BCUT2D eigenvalue weighted by molar-refractivity contribution is 0.628. The predicted octanol–water partition coefficient (Wildman–Crippen LogP) is 3.19. The second-order valence-electron chi connectivity index (χ2n) is 4.47. The maximum absolute atomic E-state index is 13.3. The predicted molar refractivity (Wildman–Crippen MR) is 76.7 cm³/mol. The number of aryl methyl sites for hydroxylation is 1. The summed E-state index contributed by atoms with van der Waals surface area (Å²) in [5, 5.41) is 7.65. The van der Waals surface area contributed by atoms with Gasteiger partial charge in [-0.2, -0.15) is 0 Å². The molecule has 3 nitrogen and oxygen atoms in total. The van der Waals surface area contributed by atoms with Gasteiger partial charge in [0.1, 0.15) is 11.7 Å². The van der Waals surface area contributed by atoms with Gasteiger partial charge < -0.3 is 10.6 Å². The molecule has 0 atom stereocenters. The van der Waals surface area contributed by atoms with Crippen LogP contribution in [0.3, 0.4) is 0 Å².